The van der Waals surface area contributed by atoms with Gasteiger partial charge in [-0.05, 0) is 276 Å². The summed E-state index contributed by atoms with van der Waals surface area (Å²) in [5, 5.41) is 9.70. The first kappa shape index (κ1) is 134. The molecule has 24 heteroatoms. The quantitative estimate of drug-likeness (QED) is 0.112. The van der Waals surface area contributed by atoms with Crippen molar-refractivity contribution in [2.75, 3.05) is 112 Å². The number of hydrogen-bond acceptors (Lipinski definition) is 16. The number of aromatic nitrogens is 5. The zero-order valence-electron chi connectivity index (χ0n) is 98.3. The fraction of sp³-hybridized carbons (Fsp3) is 0.795. The molecule has 0 aromatic carbocycles. The van der Waals surface area contributed by atoms with Crippen molar-refractivity contribution < 1.29 is 41.9 Å². The Balaban J connectivity index is 0.00000153. The van der Waals surface area contributed by atoms with Gasteiger partial charge in [0.2, 0.25) is 23.6 Å². The van der Waals surface area contributed by atoms with Crippen LogP contribution < -0.4 is 16.0 Å². The normalized spacial score (nSPS) is 20.0. The molecule has 7 unspecified atom stereocenters. The van der Waals surface area contributed by atoms with E-state index in [9.17, 15) is 37.2 Å². The number of amides is 5. The van der Waals surface area contributed by atoms with Gasteiger partial charge in [0.15, 0.2) is 5.03 Å². The Hall–Kier alpha value is -6.73. The summed E-state index contributed by atoms with van der Waals surface area (Å²) in [5.74, 6) is 8.94. The minimum atomic E-state index is -3.41. The molecule has 8 fully saturated rings. The molecule has 4 aromatic rings. The smallest absolute Gasteiger partial charge is 0.410 e. The number of likely N-dealkylation sites (tertiary alicyclic amines) is 4. The fourth-order valence-electron chi connectivity index (χ4n) is 16.8. The van der Waals surface area contributed by atoms with E-state index in [4.69, 9.17) is 4.74 Å². The van der Waals surface area contributed by atoms with Crippen LogP contribution in [0.5, 0.6) is 0 Å². The molecule has 12 rings (SSSR count). The third-order valence-electron chi connectivity index (χ3n) is 26.5. The second-order valence-electron chi connectivity index (χ2n) is 52.1. The van der Waals surface area contributed by atoms with Crippen LogP contribution in [0.15, 0.2) is 91.0 Å². The number of nitrogens with zero attached hydrogens (tertiary/aromatic N) is 11. The maximum absolute atomic E-state index is 12.4. The molecule has 7 atom stereocenters. The minimum Gasteiger partial charge on any atom is -0.444 e. The van der Waals surface area contributed by atoms with Gasteiger partial charge >= 0.3 is 6.09 Å². The highest BCUT2D eigenvalue weighted by Crippen LogP contribution is 2.40. The van der Waals surface area contributed by atoms with Crippen molar-refractivity contribution in [1.29, 1.82) is 0 Å². The number of nitrogens with one attached hydrogen (secondary N) is 3. The number of hydrogen-bond donors (Lipinski definition) is 3. The lowest BCUT2D eigenvalue weighted by Crippen LogP contribution is -2.36. The first-order valence-corrected chi connectivity index (χ1v) is 55.4. The van der Waals surface area contributed by atoms with Crippen LogP contribution in [0.1, 0.15) is 401 Å². The van der Waals surface area contributed by atoms with Gasteiger partial charge < -0.3 is 54.5 Å². The molecule has 3 N–H and O–H groups in total. The number of imidazole rings is 1. The van der Waals surface area contributed by atoms with E-state index in [0.29, 0.717) is 136 Å². The summed E-state index contributed by atoms with van der Waals surface area (Å²) < 4.78 is 33.3. The molecule has 5 amide bonds. The molecule has 7 saturated heterocycles. The summed E-state index contributed by atoms with van der Waals surface area (Å²) in [7, 11) is 2.38. The van der Waals surface area contributed by atoms with E-state index in [2.05, 4.69) is 280 Å². The number of carbonyl (C=O) groups excluding carboxylic acids is 6. The molecule has 7 aliphatic heterocycles. The molecule has 814 valence electrons. The molecular formula is C117H216N14O9S. The van der Waals surface area contributed by atoms with Crippen LogP contribution in [0.25, 0.3) is 0 Å². The Morgan fingerprint density at radius 3 is 1.23 bits per heavy atom. The van der Waals surface area contributed by atoms with Crippen molar-refractivity contribution in [3.8, 4) is 0 Å². The lowest BCUT2D eigenvalue weighted by molar-refractivity contribution is -0.131. The van der Waals surface area contributed by atoms with Gasteiger partial charge in [-0.1, -0.05) is 260 Å². The molecule has 8 aliphatic rings. The molecule has 11 heterocycles. The zero-order valence-corrected chi connectivity index (χ0v) is 99.1. The van der Waals surface area contributed by atoms with Gasteiger partial charge in [0.05, 0.1) is 6.33 Å². The van der Waals surface area contributed by atoms with Crippen molar-refractivity contribution in [3.63, 3.8) is 0 Å². The van der Waals surface area contributed by atoms with Crippen molar-refractivity contribution >= 4 is 45.5 Å². The van der Waals surface area contributed by atoms with Crippen LogP contribution in [0.4, 0.5) is 4.79 Å². The van der Waals surface area contributed by atoms with Gasteiger partial charge in [-0.15, -0.1) is 0 Å². The zero-order chi connectivity index (χ0) is 109. The number of ketones is 1. The lowest BCUT2D eigenvalue weighted by atomic mass is 9.80. The summed E-state index contributed by atoms with van der Waals surface area (Å²) in [5.41, 5.74) is 5.89. The monoisotopic (exact) mass is 1990 g/mol. The van der Waals surface area contributed by atoms with Crippen LogP contribution in [-0.4, -0.2) is 221 Å². The molecular weight excluding hydrogens is 1780 g/mol. The molecule has 1 aliphatic carbocycles. The summed E-state index contributed by atoms with van der Waals surface area (Å²) in [4.78, 5) is 93.8. The van der Waals surface area contributed by atoms with Gasteiger partial charge in [0.1, 0.15) is 11.4 Å². The van der Waals surface area contributed by atoms with Crippen molar-refractivity contribution in [2.45, 2.75) is 401 Å². The van der Waals surface area contributed by atoms with Crippen LogP contribution >= 0.6 is 0 Å². The molecule has 23 nitrogen and oxygen atoms in total. The topological polar surface area (TPSA) is 258 Å². The Morgan fingerprint density at radius 2 is 0.915 bits per heavy atom. The minimum absolute atomic E-state index is 0.118. The number of rotatable bonds is 13. The predicted octanol–water partition coefficient (Wildman–Crippen LogP) is 25.4. The average molecular weight is 2000 g/mol. The third kappa shape index (κ3) is 62.8. The number of sulfonamides is 1. The highest BCUT2D eigenvalue weighted by Gasteiger charge is 2.41. The number of pyridine rings is 3. The van der Waals surface area contributed by atoms with Crippen molar-refractivity contribution in [1.82, 2.24) is 69.3 Å². The van der Waals surface area contributed by atoms with Gasteiger partial charge in [0.25, 0.3) is 10.0 Å². The number of ether oxygens (including phenoxy) is 1. The first-order chi connectivity index (χ1) is 64.6. The van der Waals surface area contributed by atoms with Gasteiger partial charge in [-0.2, -0.15) is 4.31 Å². The van der Waals surface area contributed by atoms with E-state index < -0.39 is 15.6 Å². The van der Waals surface area contributed by atoms with E-state index in [1.54, 1.807) is 49.1 Å². The maximum atomic E-state index is 12.4. The second kappa shape index (κ2) is 65.1. The van der Waals surface area contributed by atoms with Crippen LogP contribution in [-0.2, 0) is 45.8 Å². The van der Waals surface area contributed by atoms with Gasteiger partial charge in [0, 0.05) is 161 Å². The van der Waals surface area contributed by atoms with E-state index >= 15 is 0 Å². The molecule has 0 radical (unpaired) electrons. The largest absolute Gasteiger partial charge is 0.444 e. The Labute approximate surface area is 865 Å². The highest BCUT2D eigenvalue weighted by atomic mass is 32.2. The third-order valence-corrected chi connectivity index (χ3v) is 28.3. The Kier molecular flexibility index (Phi) is 62.0. The molecule has 4 aromatic heterocycles. The maximum Gasteiger partial charge on any atom is 0.410 e. The Bertz CT molecular complexity index is 4030. The molecule has 0 bridgehead atoms. The summed E-state index contributed by atoms with van der Waals surface area (Å²) in [6, 6.07) is 14.6. The molecule has 0 spiro atoms. The highest BCUT2D eigenvalue weighted by molar-refractivity contribution is 7.89. The van der Waals surface area contributed by atoms with Gasteiger partial charge in [-0.25, -0.2) is 18.2 Å². The number of Topliss-reactive ketones (excluding diaryl/α,β-unsaturated/α-hetero) is 1. The van der Waals surface area contributed by atoms with E-state index in [0.717, 1.165) is 115 Å². The van der Waals surface area contributed by atoms with E-state index in [1.165, 1.54) is 88.3 Å². The molecule has 1 saturated carbocycles. The van der Waals surface area contributed by atoms with Crippen molar-refractivity contribution in [2.24, 2.45) is 98.2 Å². The van der Waals surface area contributed by atoms with E-state index in [1.807, 2.05) is 111 Å². The predicted molar refractivity (Wildman–Crippen MR) is 594 cm³/mol. The average Bonchev–Trinajstić information content (AvgIpc) is 1.64. The second-order valence-corrected chi connectivity index (χ2v) is 54.0. The van der Waals surface area contributed by atoms with Crippen molar-refractivity contribution in [3.05, 3.63) is 103 Å². The van der Waals surface area contributed by atoms with Crippen LogP contribution in [0, 0.1) is 91.2 Å². The fourth-order valence-corrected chi connectivity index (χ4v) is 18.2. The standard InChI is InChI=1S/C13H26N2O.C13H25NO2.C13H25NO.C12H21N3O2S.C10H19NO.C8H15NO.C8H17N.3C8H11N.C7H13NO.C5H12.C4H10/c1-13(2,3)11-6-9-15(10-11)12(16)7-8-14(4)5;1-12(2,3)10-7-8-14(9-10)11(15)16-13(4,5)6;1-10(2)8-12(15)14-7-6-11(9-14)13(3,4)5;1-12(2,3)10-5-6-15(7-10)18(16,17)11-8-14(4)9-13-11;1-8(12)11-6-5-9(7-11)10(2,3)4;1-7(10)9-8-5-3-2-4-6-8;1-8(2,3)7-4-5-9-6-7;1-7(2)8-3-5-9-6-4-8;1-7(2)8-4-3-5-9-6-8;1-7(2)8-5-3-4-6-9-8;1-6(9)4-7-2-3-8-5-7;1-5(2,3)4;1-4(2)3/h11H,6-10H2,1-5H3;10H,7-9H2,1-6H3;10-11H,6-9H2,1-5H3;8-10H,5-7H2,1-4H3;9H,5-7H2,1-4H3;8H,2-6H2,1H3,(H,9,10);7,9H,4-6H2,1-3H3;3*3-7H,1-2H3;7-8H,2-5H2,1H3;1-4H3;4H,1-3H3. The first-order valence-electron chi connectivity index (χ1n) is 54.0. The lowest BCUT2D eigenvalue weighted by Gasteiger charge is -2.28. The Morgan fingerprint density at radius 1 is 0.475 bits per heavy atom. The summed E-state index contributed by atoms with van der Waals surface area (Å²) in [6.07, 6.45) is 28.6. The van der Waals surface area contributed by atoms with Crippen LogP contribution in [0.3, 0.4) is 0 Å². The number of carbonyl (C=O) groups is 6. The SMILES string of the molecule is CC(=O)CC1CCNC1.CC(=O)N1CCC(C(C)(C)C)C1.CC(=O)NC1CCCCC1.CC(C)(C)C.CC(C)(C)C1CCNC1.CC(C)(C)OC(=O)N1CCC(C(C)(C)C)C1.CC(C)C.CC(C)CC(=O)N1CCC(C(C)(C)C)C1.CC(C)c1ccccn1.CC(C)c1cccnc1.CC(C)c1ccncc1.CN(C)CCC(=O)N1CCC(C(C)(C)C)C1.Cn1cnc(S(=O)(=O)N2CCC(C(C)(C)C)C2)c1. The summed E-state index contributed by atoms with van der Waals surface area (Å²) in [6.45, 7) is 97.6. The van der Waals surface area contributed by atoms with Crippen LogP contribution in [0.2, 0.25) is 0 Å². The molecule has 141 heavy (non-hydrogen) atoms. The summed E-state index contributed by atoms with van der Waals surface area (Å²) >= 11 is 0. The number of aryl methyl sites for hydroxylation is 1. The van der Waals surface area contributed by atoms with E-state index in [-0.39, 0.29) is 33.8 Å². The van der Waals surface area contributed by atoms with Gasteiger partial charge in [-0.3, -0.25) is 34.1 Å².